The summed E-state index contributed by atoms with van der Waals surface area (Å²) in [4.78, 5) is 15.3. The van der Waals surface area contributed by atoms with Gasteiger partial charge >= 0.3 is 5.97 Å². The topological polar surface area (TPSA) is 492 Å². The van der Waals surface area contributed by atoms with Gasteiger partial charge in [0.25, 0.3) is 0 Å². The van der Waals surface area contributed by atoms with Crippen molar-refractivity contribution in [2.45, 2.75) is 304 Å². The summed E-state index contributed by atoms with van der Waals surface area (Å²) in [6, 6.07) is 0. The Labute approximate surface area is 556 Å². The Balaban J connectivity index is 0.791. The van der Waals surface area contributed by atoms with Crippen molar-refractivity contribution in [1.82, 2.24) is 0 Å². The van der Waals surface area contributed by atoms with Crippen molar-refractivity contribution in [3.63, 3.8) is 0 Å². The highest BCUT2D eigenvalue weighted by atomic mass is 16.8. The van der Waals surface area contributed by atoms with Crippen LogP contribution in [0.5, 0.6) is 0 Å². The van der Waals surface area contributed by atoms with Crippen molar-refractivity contribution in [1.29, 1.82) is 0 Å². The van der Waals surface area contributed by atoms with Crippen molar-refractivity contribution < 1.29 is 154 Å². The molecule has 4 saturated carbocycles. The number of hydrogen-bond donors (Lipinski definition) is 18. The molecule has 0 aromatic heterocycles. The summed E-state index contributed by atoms with van der Waals surface area (Å²) >= 11 is 0. The fourth-order valence-electron chi connectivity index (χ4n) is 19.0. The van der Waals surface area contributed by atoms with Gasteiger partial charge in [0.05, 0.1) is 50.7 Å². The van der Waals surface area contributed by atoms with Crippen molar-refractivity contribution in [2.75, 3.05) is 33.0 Å². The Morgan fingerprint density at radius 3 is 1.60 bits per heavy atom. The minimum absolute atomic E-state index is 0.0309. The van der Waals surface area contributed by atoms with Gasteiger partial charge in [0.15, 0.2) is 31.5 Å². The molecule has 10 fully saturated rings. The molecule has 11 aliphatic rings. The highest BCUT2D eigenvalue weighted by Gasteiger charge is 2.71. The lowest BCUT2D eigenvalue weighted by Crippen LogP contribution is -2.67. The van der Waals surface area contributed by atoms with E-state index in [-0.39, 0.29) is 34.0 Å². The van der Waals surface area contributed by atoms with E-state index in [0.717, 1.165) is 12.8 Å². The summed E-state index contributed by atoms with van der Waals surface area (Å²) < 4.78 is 72.2. The van der Waals surface area contributed by atoms with Gasteiger partial charge in [-0.1, -0.05) is 60.1 Å². The number of rotatable bonds is 16. The van der Waals surface area contributed by atoms with Crippen LogP contribution in [0.1, 0.15) is 120 Å². The summed E-state index contributed by atoms with van der Waals surface area (Å²) in [6.07, 6.45) is -40.6. The molecule has 6 heterocycles. The molecule has 11 rings (SSSR count). The van der Waals surface area contributed by atoms with Crippen LogP contribution >= 0.6 is 0 Å². The molecule has 0 aromatic rings. The van der Waals surface area contributed by atoms with Gasteiger partial charge in [-0.2, -0.15) is 0 Å². The Hall–Kier alpha value is -1.95. The van der Waals surface area contributed by atoms with Crippen LogP contribution in [-0.2, 0) is 61.6 Å². The molecule has 18 N–H and O–H groups in total. The molecule has 0 unspecified atom stereocenters. The predicted molar refractivity (Wildman–Crippen MR) is 321 cm³/mol. The molecule has 37 atom stereocenters. The Morgan fingerprint density at radius 2 is 1.00 bits per heavy atom. The van der Waals surface area contributed by atoms with Crippen molar-refractivity contribution in [2.24, 2.45) is 50.2 Å². The van der Waals surface area contributed by atoms with Crippen LogP contribution in [0.4, 0.5) is 0 Å². The van der Waals surface area contributed by atoms with Crippen LogP contribution in [-0.4, -0.2) is 315 Å². The molecule has 6 saturated heterocycles. The second-order valence-corrected chi connectivity index (χ2v) is 31.5. The molecule has 6 aliphatic heterocycles. The summed E-state index contributed by atoms with van der Waals surface area (Å²) in [5.74, 6) is -0.800. The zero-order valence-electron chi connectivity index (χ0n) is 55.6. The first-order chi connectivity index (χ1) is 45.0. The number of ether oxygens (including phenoxy) is 12. The standard InChI is InChI=1S/C65H106O31/c1-25-36(70)40(74)45(79)54(87-25)94-51-31(22-68)90-53(49(83)44(51)78)86-24-32-39(73)43(77)48(82)57(91-32)96-59(84)65-17-15-60(2,3)19-27(65)26-9-10-34-62(6)13-12-35(61(4,5)33(62)11-14-64(34,8)63(26,7)16-18-65)92-58-52(95-56-47(81)42(76)38(72)30(21-67)89-56)50(28(69)23-85-58)93-55-46(80)41(75)37(71)29(20-66)88-55/h9,25,27-58,66-83H,10-24H2,1-8H3/t25-,27-,28-,29+,30+,31+,32+,33-,34+,35-,36-,37+,38+,39+,40+,41-,42-,43-,44-,45+,46+,47+,48+,49+,50-,51+,52+,53+,54-,55-,56-,57-,58-,62-,63+,64+,65-/m0/s1. The quantitative estimate of drug-likeness (QED) is 0.0392. The number of hydrogen-bond acceptors (Lipinski definition) is 31. The SMILES string of the molecule is C[C@@H]1O[C@@H](O[C@H]2[C@@H](O)[C@@H](O)[C@H](OC[C@H]3O[C@@H](OC(=O)[C@]45CCC(C)(C)C[C@H]4C4=CC[C@@H]6[C@@]7(C)CC[C@H](O[C@@H]8OC[C@H](O)[C@H](O[C@@H]9O[C@H](CO)[C@@H](O)[C@H](O)[C@H]9O)[C@H]8O[C@@H]8O[C@H](CO)[C@@H](O)[C@H](O)[C@H]8O)C(C)(C)[C@@H]7CC[C@@]6(C)[C@]4(C)CC5)[C@H](O)[C@@H](O)[C@@H]3O)O[C@@H]2CO)[C@H](O)[C@H](O)[C@H]1O. The highest BCUT2D eigenvalue weighted by Crippen LogP contribution is 2.76. The fraction of sp³-hybridized carbons (Fsp3) is 0.954. The molecule has 0 aromatic carbocycles. The fourth-order valence-corrected chi connectivity index (χ4v) is 19.0. The van der Waals surface area contributed by atoms with E-state index in [4.69, 9.17) is 56.8 Å². The third kappa shape index (κ3) is 12.9. The van der Waals surface area contributed by atoms with E-state index in [1.165, 1.54) is 12.5 Å². The van der Waals surface area contributed by atoms with E-state index >= 15 is 4.79 Å². The normalized spacial score (nSPS) is 54.1. The van der Waals surface area contributed by atoms with Crippen LogP contribution in [0, 0.1) is 50.2 Å². The molecule has 0 radical (unpaired) electrons. The molecular formula is C65H106O31. The monoisotopic (exact) mass is 1380 g/mol. The lowest BCUT2D eigenvalue weighted by molar-refractivity contribution is -0.389. The van der Waals surface area contributed by atoms with Crippen LogP contribution in [0.3, 0.4) is 0 Å². The lowest BCUT2D eigenvalue weighted by atomic mass is 9.33. The lowest BCUT2D eigenvalue weighted by Gasteiger charge is -2.71. The number of carbonyl (C=O) groups excluding carboxylic acids is 1. The molecule has 0 amide bonds. The minimum Gasteiger partial charge on any atom is -0.432 e. The van der Waals surface area contributed by atoms with E-state index in [2.05, 4.69) is 54.5 Å². The molecule has 0 bridgehead atoms. The number of esters is 1. The summed E-state index contributed by atoms with van der Waals surface area (Å²) in [7, 11) is 0. The van der Waals surface area contributed by atoms with Crippen molar-refractivity contribution in [3.05, 3.63) is 11.6 Å². The minimum atomic E-state index is -1.92. The van der Waals surface area contributed by atoms with E-state index in [1.807, 2.05) is 0 Å². The van der Waals surface area contributed by atoms with Crippen LogP contribution in [0.25, 0.3) is 0 Å². The van der Waals surface area contributed by atoms with Gasteiger partial charge in [0, 0.05) is 0 Å². The maximum absolute atomic E-state index is 15.3. The maximum atomic E-state index is 15.3. The predicted octanol–water partition coefficient (Wildman–Crippen LogP) is -4.72. The van der Waals surface area contributed by atoms with Crippen LogP contribution in [0.15, 0.2) is 11.6 Å². The van der Waals surface area contributed by atoms with E-state index < -0.39 is 239 Å². The summed E-state index contributed by atoms with van der Waals surface area (Å²) in [5, 5.41) is 194. The zero-order valence-corrected chi connectivity index (χ0v) is 55.6. The highest BCUT2D eigenvalue weighted by molar-refractivity contribution is 5.79. The average molecular weight is 1380 g/mol. The molecular weight excluding hydrogens is 1280 g/mol. The van der Waals surface area contributed by atoms with Gasteiger partial charge in [-0.25, -0.2) is 0 Å². The largest absolute Gasteiger partial charge is 0.432 e. The van der Waals surface area contributed by atoms with E-state index in [1.54, 1.807) is 0 Å². The molecule has 96 heavy (non-hydrogen) atoms. The van der Waals surface area contributed by atoms with Crippen molar-refractivity contribution in [3.8, 4) is 0 Å². The van der Waals surface area contributed by atoms with Gasteiger partial charge < -0.3 is 149 Å². The van der Waals surface area contributed by atoms with Gasteiger partial charge in [0.1, 0.15) is 134 Å². The van der Waals surface area contributed by atoms with Crippen molar-refractivity contribution >= 4 is 5.97 Å². The summed E-state index contributed by atoms with van der Waals surface area (Å²) in [6.45, 7) is 13.6. The Morgan fingerprint density at radius 1 is 0.490 bits per heavy atom. The van der Waals surface area contributed by atoms with Gasteiger partial charge in [-0.15, -0.1) is 0 Å². The smallest absolute Gasteiger partial charge is 0.315 e. The first-order valence-corrected chi connectivity index (χ1v) is 34.1. The van der Waals surface area contributed by atoms with Gasteiger partial charge in [-0.3, -0.25) is 4.79 Å². The Bertz CT molecular complexity index is 2690. The number of carbonyl (C=O) groups is 1. The number of allylic oxidation sites excluding steroid dienone is 2. The average Bonchev–Trinajstić information content (AvgIpc) is 0.676. The Kier molecular flexibility index (Phi) is 22.1. The molecule has 552 valence electrons. The van der Waals surface area contributed by atoms with Gasteiger partial charge in [-0.05, 0) is 116 Å². The third-order valence-electron chi connectivity index (χ3n) is 25.2. The van der Waals surface area contributed by atoms with Gasteiger partial charge in [0.2, 0.25) is 6.29 Å². The van der Waals surface area contributed by atoms with Crippen LogP contribution < -0.4 is 0 Å². The van der Waals surface area contributed by atoms with E-state index in [9.17, 15) is 91.9 Å². The first kappa shape index (κ1) is 75.2. The zero-order chi connectivity index (χ0) is 70.0. The second kappa shape index (κ2) is 28.3. The molecule has 31 heteroatoms. The molecule has 5 aliphatic carbocycles. The number of aliphatic hydroxyl groups excluding tert-OH is 18. The van der Waals surface area contributed by atoms with E-state index in [0.29, 0.717) is 51.4 Å². The van der Waals surface area contributed by atoms with Crippen LogP contribution in [0.2, 0.25) is 0 Å². The second-order valence-electron chi connectivity index (χ2n) is 31.5. The molecule has 0 spiro atoms. The number of aliphatic hydroxyl groups is 18. The first-order valence-electron chi connectivity index (χ1n) is 34.1. The summed E-state index contributed by atoms with van der Waals surface area (Å²) in [5.41, 5.74) is -1.77. The molecule has 31 nitrogen and oxygen atoms in total. The third-order valence-corrected chi connectivity index (χ3v) is 25.2. The maximum Gasteiger partial charge on any atom is 0.315 e. The number of fused-ring (bicyclic) bond motifs is 7.